The molecule has 14 heteroatoms. The number of carbonyl (C=O) groups excluding carboxylic acids is 1. The second-order valence-electron chi connectivity index (χ2n) is 9.33. The van der Waals surface area contributed by atoms with E-state index < -0.39 is 25.9 Å². The molecule has 0 radical (unpaired) electrons. The lowest BCUT2D eigenvalue weighted by atomic mass is 10.1. The minimum atomic E-state index is -4.52. The van der Waals surface area contributed by atoms with Gasteiger partial charge in [0, 0.05) is 23.5 Å². The monoisotopic (exact) mass is 564 g/mol. The number of hydrogen-bond acceptors (Lipinski definition) is 9. The van der Waals surface area contributed by atoms with Crippen LogP contribution in [0.1, 0.15) is 27.0 Å². The highest BCUT2D eigenvalue weighted by Gasteiger charge is 2.36. The number of alkyl halides is 1. The van der Waals surface area contributed by atoms with Crippen molar-refractivity contribution < 1.29 is 35.3 Å². The first-order chi connectivity index (χ1) is 18.0. The number of nitrogens with one attached hydrogen (secondary N) is 3. The van der Waals surface area contributed by atoms with Crippen molar-refractivity contribution in [2.45, 2.75) is 26.9 Å². The van der Waals surface area contributed by atoms with E-state index in [4.69, 9.17) is 9.26 Å². The molecule has 3 aromatic rings. The van der Waals surface area contributed by atoms with E-state index >= 15 is 0 Å². The van der Waals surface area contributed by atoms with Gasteiger partial charge in [-0.2, -0.15) is 8.42 Å². The smallest absolute Gasteiger partial charge is 0.326 e. The van der Waals surface area contributed by atoms with Crippen LogP contribution in [0.5, 0.6) is 0 Å². The lowest BCUT2D eigenvalue weighted by molar-refractivity contribution is -0.819. The number of hydrogen-bond donors (Lipinski definition) is 3. The molecule has 12 nitrogen and oxygen atoms in total. The molecule has 2 amide bonds. The Morgan fingerprint density at radius 3 is 2.33 bits per heavy atom. The molecule has 1 fully saturated rings. The number of nitrogens with zero attached hydrogens (tertiary/aromatic N) is 3. The highest BCUT2D eigenvalue weighted by molar-refractivity contribution is 7.80. The van der Waals surface area contributed by atoms with Crippen molar-refractivity contribution in [1.82, 2.24) is 10.1 Å². The van der Waals surface area contributed by atoms with Gasteiger partial charge in [-0.05, 0) is 43.7 Å². The molecule has 0 bridgehead atoms. The number of rotatable bonds is 9. The third-order valence-electron chi connectivity index (χ3n) is 6.18. The molecule has 2 aromatic heterocycles. The standard InChI is InChI=1S/C24H29FN6O6S.CH4/c1-24(2,25)20-15-22(37-30-20)29-23(32)28-19-6-3-17(4-7-19)18-5-8-21(27-16-18)26-9-10-31(38(33,34)35)11-13-36-14-12-31;/h3-8,15-16H,9-14H2,1-2H3,(H3-,26,27,28,29,30,32,33,34,35);1H4. The summed E-state index contributed by atoms with van der Waals surface area (Å²) in [7, 11) is -4.52. The molecule has 1 saturated heterocycles. The number of amides is 2. The largest absolute Gasteiger partial charge is 0.702 e. The van der Waals surface area contributed by atoms with Crippen molar-refractivity contribution in [3.63, 3.8) is 0 Å². The van der Waals surface area contributed by atoms with Crippen LogP contribution in [0.4, 0.5) is 26.6 Å². The minimum absolute atomic E-state index is 0. The van der Waals surface area contributed by atoms with Gasteiger partial charge in [-0.25, -0.2) is 18.1 Å². The van der Waals surface area contributed by atoms with E-state index in [1.165, 1.54) is 19.9 Å². The van der Waals surface area contributed by atoms with E-state index in [9.17, 15) is 22.2 Å². The Balaban J connectivity index is 0.00000420. The fourth-order valence-electron chi connectivity index (χ4n) is 3.93. The molecule has 0 atom stereocenters. The maximum atomic E-state index is 13.9. The Morgan fingerprint density at radius 1 is 1.10 bits per heavy atom. The summed E-state index contributed by atoms with van der Waals surface area (Å²) < 4.78 is 59.0. The third-order valence-corrected chi connectivity index (χ3v) is 7.68. The molecule has 3 heterocycles. The van der Waals surface area contributed by atoms with Crippen LogP contribution in [0.15, 0.2) is 53.2 Å². The number of quaternary nitrogens is 1. The van der Waals surface area contributed by atoms with Crippen LogP contribution in [-0.4, -0.2) is 72.4 Å². The maximum absolute atomic E-state index is 13.9. The molecule has 3 N–H and O–H groups in total. The molecule has 0 saturated carbocycles. The number of anilines is 3. The van der Waals surface area contributed by atoms with E-state index in [1.807, 2.05) is 18.2 Å². The van der Waals surface area contributed by atoms with E-state index in [0.29, 0.717) is 11.5 Å². The molecule has 0 spiro atoms. The predicted octanol–water partition coefficient (Wildman–Crippen LogP) is 3.94. The van der Waals surface area contributed by atoms with E-state index in [-0.39, 0.29) is 58.4 Å². The van der Waals surface area contributed by atoms with Crippen LogP contribution in [0.2, 0.25) is 0 Å². The van der Waals surface area contributed by atoms with Crippen LogP contribution < -0.4 is 16.0 Å². The molecule has 1 aliphatic heterocycles. The number of ether oxygens (including phenoxy) is 1. The lowest BCUT2D eigenvalue weighted by Gasteiger charge is -2.41. The summed E-state index contributed by atoms with van der Waals surface area (Å²) >= 11 is 0. The van der Waals surface area contributed by atoms with Crippen molar-refractivity contribution in [3.8, 4) is 11.1 Å². The zero-order valence-electron chi connectivity index (χ0n) is 20.9. The number of aromatic nitrogens is 2. The Hall–Kier alpha value is -3.59. The van der Waals surface area contributed by atoms with Gasteiger partial charge in [-0.1, -0.05) is 24.7 Å². The number of benzene rings is 1. The molecule has 1 aromatic carbocycles. The molecule has 0 unspecified atom stereocenters. The summed E-state index contributed by atoms with van der Waals surface area (Å²) in [5, 5.41) is 11.8. The highest BCUT2D eigenvalue weighted by atomic mass is 32.2. The first kappa shape index (κ1) is 30.0. The number of pyridine rings is 1. The molecule has 1 aliphatic rings. The molecular weight excluding hydrogens is 531 g/mol. The van der Waals surface area contributed by atoms with Crippen LogP contribution in [0, 0.1) is 0 Å². The Morgan fingerprint density at radius 2 is 1.77 bits per heavy atom. The van der Waals surface area contributed by atoms with Gasteiger partial charge in [0.15, 0.2) is 5.67 Å². The predicted molar refractivity (Wildman–Crippen MR) is 144 cm³/mol. The Kier molecular flexibility index (Phi) is 9.27. The number of halogens is 1. The van der Waals surface area contributed by atoms with E-state index in [0.717, 1.165) is 11.1 Å². The number of urea groups is 1. The van der Waals surface area contributed by atoms with Crippen molar-refractivity contribution in [2.24, 2.45) is 0 Å². The summed E-state index contributed by atoms with van der Waals surface area (Å²) in [5.74, 6) is 0.571. The van der Waals surface area contributed by atoms with Crippen LogP contribution >= 0.6 is 0 Å². The molecule has 0 aliphatic carbocycles. The van der Waals surface area contributed by atoms with Crippen molar-refractivity contribution in [3.05, 3.63) is 54.4 Å². The molecule has 212 valence electrons. The van der Waals surface area contributed by atoms with Crippen molar-refractivity contribution >= 4 is 33.7 Å². The maximum Gasteiger partial charge on any atom is 0.326 e. The van der Waals surface area contributed by atoms with Gasteiger partial charge < -0.3 is 24.4 Å². The van der Waals surface area contributed by atoms with E-state index in [1.54, 1.807) is 24.4 Å². The average Bonchev–Trinajstić information content (AvgIpc) is 3.34. The van der Waals surface area contributed by atoms with Crippen LogP contribution in [-0.2, 0) is 20.7 Å². The molecule has 39 heavy (non-hydrogen) atoms. The van der Waals surface area contributed by atoms with Crippen LogP contribution in [0.3, 0.4) is 0 Å². The number of carbonyl (C=O) groups is 1. The Labute approximate surface area is 227 Å². The topological polar surface area (TPSA) is 159 Å². The second kappa shape index (κ2) is 12.1. The average molecular weight is 565 g/mol. The van der Waals surface area contributed by atoms with E-state index in [2.05, 4.69) is 26.1 Å². The van der Waals surface area contributed by atoms with Gasteiger partial charge in [0.1, 0.15) is 31.1 Å². The summed E-state index contributed by atoms with van der Waals surface area (Å²) in [5.41, 5.74) is 0.595. The van der Waals surface area contributed by atoms with Gasteiger partial charge in [-0.3, -0.25) is 5.32 Å². The molecule has 4 rings (SSSR count). The van der Waals surface area contributed by atoms with Gasteiger partial charge in [-0.15, -0.1) is 0 Å². The van der Waals surface area contributed by atoms with Crippen LogP contribution in [0.25, 0.3) is 11.1 Å². The lowest BCUT2D eigenvalue weighted by Crippen LogP contribution is -2.60. The quantitative estimate of drug-likeness (QED) is 0.258. The summed E-state index contributed by atoms with van der Waals surface area (Å²) in [6.07, 6.45) is 1.66. The first-order valence-electron chi connectivity index (χ1n) is 11.9. The third kappa shape index (κ3) is 7.50. The zero-order chi connectivity index (χ0) is 27.4. The molecular formula is C25H33FN6O6S. The zero-order valence-corrected chi connectivity index (χ0v) is 21.8. The SMILES string of the molecule is C.CC(C)(F)c1cc(NC(=O)Nc2ccc(-c3ccc(NCC[N+]4(S(=O)(=O)[O-])CCOCC4)nc3)cc2)on1. The summed E-state index contributed by atoms with van der Waals surface area (Å²) in [4.78, 5) is 16.6. The number of morpholine rings is 1. The first-order valence-corrected chi connectivity index (χ1v) is 13.3. The minimum Gasteiger partial charge on any atom is -0.702 e. The summed E-state index contributed by atoms with van der Waals surface area (Å²) in [6, 6.07) is 11.4. The van der Waals surface area contributed by atoms with Gasteiger partial charge >= 0.3 is 6.03 Å². The van der Waals surface area contributed by atoms with Crippen molar-refractivity contribution in [2.75, 3.05) is 55.3 Å². The van der Waals surface area contributed by atoms with Crippen molar-refractivity contribution in [1.29, 1.82) is 0 Å². The van der Waals surface area contributed by atoms with Gasteiger partial charge in [0.25, 0.3) is 10.3 Å². The van der Waals surface area contributed by atoms with Gasteiger partial charge in [0.2, 0.25) is 5.88 Å². The fourth-order valence-corrected chi connectivity index (χ4v) is 4.84. The fraction of sp³-hybridized carbons (Fsp3) is 0.400. The second-order valence-corrected chi connectivity index (χ2v) is 11.0. The highest BCUT2D eigenvalue weighted by Crippen LogP contribution is 2.26. The normalized spacial score (nSPS) is 15.2. The summed E-state index contributed by atoms with van der Waals surface area (Å²) in [6.45, 7) is 3.77. The Bertz CT molecular complexity index is 1350. The van der Waals surface area contributed by atoms with Gasteiger partial charge in [0.05, 0.1) is 19.8 Å².